The molecule has 1 rings (SSSR count). The molecular formula is C10H13NS. The molecule has 1 heterocycles. The molecule has 0 aliphatic rings. The lowest BCUT2D eigenvalue weighted by Gasteiger charge is -1.99. The van der Waals surface area contributed by atoms with Crippen LogP contribution in [0.25, 0.3) is 6.08 Å². The maximum Gasteiger partial charge on any atom is 0.0656 e. The summed E-state index contributed by atoms with van der Waals surface area (Å²) >= 11 is 4.09. The molecule has 0 saturated heterocycles. The lowest BCUT2D eigenvalue weighted by Crippen LogP contribution is -1.87. The normalized spacial score (nSPS) is 10.9. The molecule has 0 amide bonds. The zero-order chi connectivity index (χ0) is 8.97. The molecule has 0 atom stereocenters. The van der Waals surface area contributed by atoms with E-state index in [0.717, 1.165) is 11.4 Å². The van der Waals surface area contributed by atoms with Crippen LogP contribution in [-0.2, 0) is 0 Å². The van der Waals surface area contributed by atoms with Gasteiger partial charge in [-0.25, -0.2) is 0 Å². The van der Waals surface area contributed by atoms with E-state index in [0.29, 0.717) is 0 Å². The maximum absolute atomic E-state index is 4.29. The molecule has 64 valence electrons. The molecule has 0 aromatic carbocycles. The van der Waals surface area contributed by atoms with E-state index in [1.54, 1.807) is 0 Å². The Bertz CT molecular complexity index is 292. The van der Waals surface area contributed by atoms with Crippen LogP contribution in [0.15, 0.2) is 18.3 Å². The highest BCUT2D eigenvalue weighted by Crippen LogP contribution is 2.08. The molecule has 0 aliphatic carbocycles. The van der Waals surface area contributed by atoms with Crippen LogP contribution in [0.1, 0.15) is 16.8 Å². The van der Waals surface area contributed by atoms with Crippen molar-refractivity contribution in [3.8, 4) is 0 Å². The van der Waals surface area contributed by atoms with Gasteiger partial charge in [-0.05, 0) is 31.1 Å². The zero-order valence-corrected chi connectivity index (χ0v) is 8.31. The number of nitrogens with zero attached hydrogens (tertiary/aromatic N) is 1. The second kappa shape index (κ2) is 4.31. The quantitative estimate of drug-likeness (QED) is 0.689. The number of aromatic nitrogens is 1. The van der Waals surface area contributed by atoms with Gasteiger partial charge in [-0.1, -0.05) is 12.1 Å². The van der Waals surface area contributed by atoms with E-state index in [2.05, 4.69) is 30.6 Å². The molecule has 0 fully saturated rings. The Morgan fingerprint density at radius 2 is 2.25 bits per heavy atom. The molecule has 0 bridgehead atoms. The highest BCUT2D eigenvalue weighted by Gasteiger charge is 1.94. The van der Waals surface area contributed by atoms with Crippen molar-refractivity contribution < 1.29 is 0 Å². The first-order valence-corrected chi connectivity index (χ1v) is 4.58. The molecule has 1 aromatic rings. The minimum atomic E-state index is 0.759. The number of rotatable bonds is 2. The van der Waals surface area contributed by atoms with E-state index in [1.165, 1.54) is 11.1 Å². The second-order valence-electron chi connectivity index (χ2n) is 2.80. The maximum atomic E-state index is 4.29. The Balaban J connectivity index is 2.94. The van der Waals surface area contributed by atoms with E-state index in [-0.39, 0.29) is 0 Å². The monoisotopic (exact) mass is 179 g/mol. The standard InChI is InChI=1S/C10H13NS/c1-8-6-9(2)10(11-7-8)4-3-5-12/h3-4,6-7,12H,5H2,1-2H3. The fourth-order valence-electron chi connectivity index (χ4n) is 1.06. The van der Waals surface area contributed by atoms with E-state index >= 15 is 0 Å². The summed E-state index contributed by atoms with van der Waals surface area (Å²) in [5, 5.41) is 0. The average Bonchev–Trinajstić information content (AvgIpc) is 2.03. The molecule has 0 unspecified atom stereocenters. The van der Waals surface area contributed by atoms with Crippen LogP contribution in [0.5, 0.6) is 0 Å². The van der Waals surface area contributed by atoms with Crippen molar-refractivity contribution in [2.24, 2.45) is 0 Å². The Morgan fingerprint density at radius 3 is 2.83 bits per heavy atom. The van der Waals surface area contributed by atoms with Gasteiger partial charge in [-0.2, -0.15) is 12.6 Å². The van der Waals surface area contributed by atoms with Crippen molar-refractivity contribution in [3.63, 3.8) is 0 Å². The fraction of sp³-hybridized carbons (Fsp3) is 0.300. The summed E-state index contributed by atoms with van der Waals surface area (Å²) in [7, 11) is 0. The van der Waals surface area contributed by atoms with Gasteiger partial charge in [0.2, 0.25) is 0 Å². The predicted molar refractivity (Wildman–Crippen MR) is 56.6 cm³/mol. The largest absolute Gasteiger partial charge is 0.256 e. The third-order valence-electron chi connectivity index (χ3n) is 1.64. The van der Waals surface area contributed by atoms with Crippen molar-refractivity contribution in [3.05, 3.63) is 35.2 Å². The Morgan fingerprint density at radius 1 is 1.50 bits per heavy atom. The number of hydrogen-bond donors (Lipinski definition) is 1. The topological polar surface area (TPSA) is 12.9 Å². The highest BCUT2D eigenvalue weighted by atomic mass is 32.1. The molecule has 0 spiro atoms. The number of thiol groups is 1. The Labute approximate surface area is 78.9 Å². The summed E-state index contributed by atoms with van der Waals surface area (Å²) < 4.78 is 0. The van der Waals surface area contributed by atoms with Gasteiger partial charge < -0.3 is 0 Å². The number of pyridine rings is 1. The lowest BCUT2D eigenvalue weighted by molar-refractivity contribution is 1.19. The van der Waals surface area contributed by atoms with E-state index in [1.807, 2.05) is 25.3 Å². The molecule has 2 heteroatoms. The first-order chi connectivity index (χ1) is 5.74. The minimum Gasteiger partial charge on any atom is -0.256 e. The molecule has 0 N–H and O–H groups in total. The smallest absolute Gasteiger partial charge is 0.0656 e. The summed E-state index contributed by atoms with van der Waals surface area (Å²) in [6, 6.07) is 2.13. The molecule has 0 saturated carbocycles. The van der Waals surface area contributed by atoms with Gasteiger partial charge in [0, 0.05) is 11.9 Å². The van der Waals surface area contributed by atoms with Gasteiger partial charge in [0.1, 0.15) is 0 Å². The van der Waals surface area contributed by atoms with Gasteiger partial charge >= 0.3 is 0 Å². The van der Waals surface area contributed by atoms with E-state index in [9.17, 15) is 0 Å². The van der Waals surface area contributed by atoms with Gasteiger partial charge in [-0.15, -0.1) is 0 Å². The molecule has 0 radical (unpaired) electrons. The summed E-state index contributed by atoms with van der Waals surface area (Å²) in [5.41, 5.74) is 3.46. The lowest BCUT2D eigenvalue weighted by atomic mass is 10.1. The highest BCUT2D eigenvalue weighted by molar-refractivity contribution is 7.80. The third-order valence-corrected chi connectivity index (χ3v) is 1.85. The van der Waals surface area contributed by atoms with Crippen LogP contribution in [0, 0.1) is 13.8 Å². The van der Waals surface area contributed by atoms with Crippen molar-refractivity contribution in [1.82, 2.24) is 4.98 Å². The van der Waals surface area contributed by atoms with Crippen LogP contribution in [0.4, 0.5) is 0 Å². The summed E-state index contributed by atoms with van der Waals surface area (Å²) in [6.45, 7) is 4.12. The van der Waals surface area contributed by atoms with E-state index < -0.39 is 0 Å². The molecule has 1 aromatic heterocycles. The SMILES string of the molecule is Cc1cnc(C=CCS)c(C)c1. The first kappa shape index (κ1) is 9.33. The van der Waals surface area contributed by atoms with Crippen LogP contribution >= 0.6 is 12.6 Å². The third kappa shape index (κ3) is 2.38. The van der Waals surface area contributed by atoms with Crippen LogP contribution in [0.3, 0.4) is 0 Å². The van der Waals surface area contributed by atoms with E-state index in [4.69, 9.17) is 0 Å². The van der Waals surface area contributed by atoms with Gasteiger partial charge in [0.15, 0.2) is 0 Å². The van der Waals surface area contributed by atoms with Crippen molar-refractivity contribution in [2.75, 3.05) is 5.75 Å². The van der Waals surface area contributed by atoms with Crippen molar-refractivity contribution >= 4 is 18.7 Å². The summed E-state index contributed by atoms with van der Waals surface area (Å²) in [4.78, 5) is 4.29. The van der Waals surface area contributed by atoms with Crippen LogP contribution in [-0.4, -0.2) is 10.7 Å². The number of aryl methyl sites for hydroxylation is 2. The molecule has 0 aliphatic heterocycles. The summed E-state index contributed by atoms with van der Waals surface area (Å²) in [5.74, 6) is 0.759. The fourth-order valence-corrected chi connectivity index (χ4v) is 1.17. The van der Waals surface area contributed by atoms with Gasteiger partial charge in [0.25, 0.3) is 0 Å². The zero-order valence-electron chi connectivity index (χ0n) is 7.41. The van der Waals surface area contributed by atoms with Gasteiger partial charge in [0.05, 0.1) is 5.69 Å². The second-order valence-corrected chi connectivity index (χ2v) is 3.16. The molecule has 1 nitrogen and oxygen atoms in total. The van der Waals surface area contributed by atoms with Gasteiger partial charge in [-0.3, -0.25) is 4.98 Å². The Hall–Kier alpha value is -0.760. The van der Waals surface area contributed by atoms with Crippen LogP contribution in [0.2, 0.25) is 0 Å². The van der Waals surface area contributed by atoms with Crippen LogP contribution < -0.4 is 0 Å². The predicted octanol–water partition coefficient (Wildman–Crippen LogP) is 2.64. The molecular weight excluding hydrogens is 166 g/mol. The summed E-state index contributed by atoms with van der Waals surface area (Å²) in [6.07, 6.45) is 5.88. The number of hydrogen-bond acceptors (Lipinski definition) is 2. The average molecular weight is 179 g/mol. The Kier molecular flexibility index (Phi) is 3.35. The van der Waals surface area contributed by atoms with Crippen molar-refractivity contribution in [1.29, 1.82) is 0 Å². The first-order valence-electron chi connectivity index (χ1n) is 3.94. The van der Waals surface area contributed by atoms with Crippen molar-refractivity contribution in [2.45, 2.75) is 13.8 Å². The minimum absolute atomic E-state index is 0.759. The molecule has 12 heavy (non-hydrogen) atoms.